The number of nitrogens with zero attached hydrogens (tertiary/aromatic N) is 6. The number of imidazole rings is 1. The average molecular weight is 673 g/mol. The number of anilines is 2. The largest absolute Gasteiger partial charge is 0.453 e. The van der Waals surface area contributed by atoms with Crippen LogP contribution in [0.3, 0.4) is 0 Å². The fourth-order valence-electron chi connectivity index (χ4n) is 5.43. The van der Waals surface area contributed by atoms with Crippen LogP contribution in [-0.4, -0.2) is 53.4 Å². The Bertz CT molecular complexity index is 2200. The van der Waals surface area contributed by atoms with Crippen molar-refractivity contribution in [3.8, 4) is 21.8 Å². The van der Waals surface area contributed by atoms with E-state index in [9.17, 15) is 27.9 Å². The van der Waals surface area contributed by atoms with Gasteiger partial charge in [-0.1, -0.05) is 6.07 Å². The van der Waals surface area contributed by atoms with E-state index < -0.39 is 48.3 Å². The molecule has 0 aliphatic heterocycles. The first kappa shape index (κ1) is 27.3. The second-order valence-corrected chi connectivity index (χ2v) is 12.4. The molecule has 1 fully saturated rings. The van der Waals surface area contributed by atoms with E-state index in [1.165, 1.54) is 47.3 Å². The third-order valence-corrected chi connectivity index (χ3v) is 8.98. The van der Waals surface area contributed by atoms with E-state index in [0.717, 1.165) is 24.6 Å². The molecular weight excluding hydrogens is 637 g/mol. The summed E-state index contributed by atoms with van der Waals surface area (Å²) in [5, 5.41) is 16.2. The van der Waals surface area contributed by atoms with Crippen LogP contribution in [0.5, 0.6) is 0 Å². The molecule has 5 heterocycles. The van der Waals surface area contributed by atoms with Crippen LogP contribution in [-0.2, 0) is 23.5 Å². The molecule has 246 valence electrons. The summed E-state index contributed by atoms with van der Waals surface area (Å²) >= 11 is 1.10. The minimum absolute atomic E-state index is 0.0246. The Morgan fingerprint density at radius 3 is 2.66 bits per heavy atom. The van der Waals surface area contributed by atoms with E-state index >= 15 is 0 Å². The van der Waals surface area contributed by atoms with Crippen molar-refractivity contribution >= 4 is 40.1 Å². The maximum absolute atomic E-state index is 14.1. The first-order valence-electron chi connectivity index (χ1n) is 16.3. The number of hydrogen-bond acceptors (Lipinski definition) is 10. The molecular formula is C31H31F3N8O4S. The van der Waals surface area contributed by atoms with Crippen molar-refractivity contribution in [3.63, 3.8) is 0 Å². The summed E-state index contributed by atoms with van der Waals surface area (Å²) in [5.41, 5.74) is -3.08. The van der Waals surface area contributed by atoms with Crippen LogP contribution >= 0.6 is 11.3 Å². The smallest absolute Gasteiger partial charge is 0.433 e. The summed E-state index contributed by atoms with van der Waals surface area (Å²) in [4.78, 5) is 42.9. The number of amides is 1. The Labute approximate surface area is 275 Å². The number of pyridine rings is 3. The van der Waals surface area contributed by atoms with Crippen LogP contribution < -0.4 is 16.3 Å². The number of fused-ring (bicyclic) bond motifs is 1. The summed E-state index contributed by atoms with van der Waals surface area (Å²) in [6.07, 6.45) is -1.57. The van der Waals surface area contributed by atoms with E-state index in [4.69, 9.17) is 5.48 Å². The Morgan fingerprint density at radius 2 is 1.96 bits per heavy atom. The zero-order chi connectivity index (χ0) is 37.1. The lowest BCUT2D eigenvalue weighted by Gasteiger charge is -2.15. The highest BCUT2D eigenvalue weighted by Crippen LogP contribution is 2.39. The highest BCUT2D eigenvalue weighted by molar-refractivity contribution is 7.15. The van der Waals surface area contributed by atoms with Crippen molar-refractivity contribution in [1.29, 1.82) is 0 Å². The standard InChI is InChI=1S/C31H31F3N8O4S/c1-30(2,45)23-15-37-27(47-23)20-10-16(19-6-5-9-35-26(19)31(32,33)34)11-25(39-20)40-24-13-21-22(14-36-24)41(3)29(44)42(21)18-8-7-17(12-18)38-28(43)46-4/h5-6,9-11,13-15,17-18,45H,7-8,12H2,1-4H3,(H,38,43)(H,36,39,40)/t17-,18-/m1/s1/i3D3,17D. The number of alkyl carbamates (subject to hydrolysis) is 1. The molecule has 0 unspecified atom stereocenters. The molecule has 3 N–H and O–H groups in total. The lowest BCUT2D eigenvalue weighted by atomic mass is 10.0. The molecule has 2 atom stereocenters. The van der Waals surface area contributed by atoms with Crippen LogP contribution in [0.2, 0.25) is 0 Å². The zero-order valence-electron chi connectivity index (χ0n) is 29.2. The number of aliphatic hydroxyl groups is 1. The number of ether oxygens (including phenoxy) is 1. The number of methoxy groups -OCH3 is 1. The molecule has 16 heteroatoms. The molecule has 1 saturated carbocycles. The molecule has 1 aliphatic rings. The molecule has 5 aromatic heterocycles. The van der Waals surface area contributed by atoms with Crippen molar-refractivity contribution in [1.82, 2.24) is 34.4 Å². The molecule has 1 amide bonds. The highest BCUT2D eigenvalue weighted by atomic mass is 32.1. The Morgan fingerprint density at radius 1 is 1.15 bits per heavy atom. The fourth-order valence-corrected chi connectivity index (χ4v) is 6.30. The zero-order valence-corrected chi connectivity index (χ0v) is 26.0. The summed E-state index contributed by atoms with van der Waals surface area (Å²) in [5.74, 6) is 0.0970. The first-order valence-corrected chi connectivity index (χ1v) is 15.1. The van der Waals surface area contributed by atoms with Gasteiger partial charge in [0.05, 0.1) is 36.2 Å². The molecule has 5 aromatic rings. The van der Waals surface area contributed by atoms with Gasteiger partial charge in [-0.15, -0.1) is 11.3 Å². The number of aromatic nitrogens is 6. The molecule has 0 spiro atoms. The molecule has 1 aliphatic carbocycles. The third-order valence-electron chi connectivity index (χ3n) is 7.65. The summed E-state index contributed by atoms with van der Waals surface area (Å²) in [6, 6.07) is 4.65. The summed E-state index contributed by atoms with van der Waals surface area (Å²) in [7, 11) is 1.16. The minimum Gasteiger partial charge on any atom is -0.453 e. The van der Waals surface area contributed by atoms with E-state index in [-0.39, 0.29) is 58.8 Å². The number of nitrogens with one attached hydrogen (secondary N) is 2. The van der Waals surface area contributed by atoms with Gasteiger partial charge in [0.2, 0.25) is 0 Å². The van der Waals surface area contributed by atoms with Crippen molar-refractivity contribution in [3.05, 3.63) is 70.0 Å². The van der Waals surface area contributed by atoms with Gasteiger partial charge in [-0.2, -0.15) is 13.2 Å². The van der Waals surface area contributed by atoms with Crippen LogP contribution in [0.25, 0.3) is 32.9 Å². The van der Waals surface area contributed by atoms with Gasteiger partial charge < -0.3 is 20.5 Å². The molecule has 47 heavy (non-hydrogen) atoms. The molecule has 6 rings (SSSR count). The normalized spacial score (nSPS) is 19.9. The van der Waals surface area contributed by atoms with E-state index in [1.807, 2.05) is 0 Å². The number of hydrogen-bond donors (Lipinski definition) is 3. The van der Waals surface area contributed by atoms with Gasteiger partial charge >= 0.3 is 18.0 Å². The van der Waals surface area contributed by atoms with Crippen LogP contribution in [0.1, 0.15) is 55.2 Å². The minimum atomic E-state index is -4.78. The predicted molar refractivity (Wildman–Crippen MR) is 169 cm³/mol. The van der Waals surface area contributed by atoms with Gasteiger partial charge in [-0.05, 0) is 56.9 Å². The number of carbonyl (C=O) groups excluding carboxylic acids is 1. The molecule has 0 radical (unpaired) electrons. The van der Waals surface area contributed by atoms with Crippen LogP contribution in [0, 0.1) is 0 Å². The van der Waals surface area contributed by atoms with Gasteiger partial charge in [0.25, 0.3) is 0 Å². The average Bonchev–Trinajstić information content (AvgIpc) is 3.76. The van der Waals surface area contributed by atoms with Crippen LogP contribution in [0.15, 0.2) is 53.7 Å². The Kier molecular flexibility index (Phi) is 7.01. The van der Waals surface area contributed by atoms with Gasteiger partial charge in [0, 0.05) is 47.2 Å². The van der Waals surface area contributed by atoms with Gasteiger partial charge in [-0.25, -0.2) is 24.5 Å². The van der Waals surface area contributed by atoms with E-state index in [2.05, 4.69) is 35.3 Å². The topological polar surface area (TPSA) is 149 Å². The van der Waals surface area contributed by atoms with Gasteiger partial charge in [0.15, 0.2) is 5.69 Å². The Hall–Kier alpha value is -4.83. The molecule has 0 bridgehead atoms. The number of alkyl halides is 3. The van der Waals surface area contributed by atoms with E-state index in [0.29, 0.717) is 14.5 Å². The first-order chi connectivity index (χ1) is 23.8. The summed E-state index contributed by atoms with van der Waals surface area (Å²) in [6.45, 7) is 0.246. The lowest BCUT2D eigenvalue weighted by molar-refractivity contribution is -0.140. The number of thiazole rings is 1. The van der Waals surface area contributed by atoms with Gasteiger partial charge in [0.1, 0.15) is 22.3 Å². The maximum atomic E-state index is 14.1. The van der Waals surface area contributed by atoms with Crippen molar-refractivity contribution < 1.29 is 33.3 Å². The summed E-state index contributed by atoms with van der Waals surface area (Å²) < 4.78 is 81.4. The van der Waals surface area contributed by atoms with Crippen molar-refractivity contribution in [2.24, 2.45) is 6.98 Å². The number of rotatable bonds is 7. The second kappa shape index (κ2) is 12.1. The number of aryl methyl sites for hydroxylation is 1. The maximum Gasteiger partial charge on any atom is 0.433 e. The van der Waals surface area contributed by atoms with Crippen LogP contribution in [0.4, 0.5) is 29.6 Å². The number of carbonyl (C=O) groups is 1. The van der Waals surface area contributed by atoms with Crippen molar-refractivity contribution in [2.45, 2.75) is 56.9 Å². The lowest BCUT2D eigenvalue weighted by Crippen LogP contribution is -2.33. The van der Waals surface area contributed by atoms with Crippen molar-refractivity contribution in [2.75, 3.05) is 12.4 Å². The molecule has 0 aromatic carbocycles. The molecule has 12 nitrogen and oxygen atoms in total. The predicted octanol–water partition coefficient (Wildman–Crippen LogP) is 5.75. The Balaban J connectivity index is 1.47. The third kappa shape index (κ3) is 6.42. The fraction of sp³-hybridized carbons (Fsp3) is 0.355. The monoisotopic (exact) mass is 672 g/mol. The van der Waals surface area contributed by atoms with E-state index in [1.54, 1.807) is 13.8 Å². The van der Waals surface area contributed by atoms with Gasteiger partial charge in [-0.3, -0.25) is 14.1 Å². The number of halogens is 3. The SMILES string of the molecule is [2H]C([2H])([2H])n1c(=O)n([C@@H]2CC[C@@]([2H])(NC(=O)OC)C2)c2cc(Nc3cc(-c4cccnc4C(F)(F)F)cc(-c4ncc(C(C)(C)O)s4)n3)ncc21. The highest BCUT2D eigenvalue weighted by Gasteiger charge is 2.36. The second-order valence-electron chi connectivity index (χ2n) is 11.4. The quantitative estimate of drug-likeness (QED) is 0.196. The molecule has 0 saturated heterocycles.